The molecule has 0 saturated carbocycles. The second-order valence-electron chi connectivity index (χ2n) is 1.34. The summed E-state index contributed by atoms with van der Waals surface area (Å²) in [7, 11) is 0. The van der Waals surface area contributed by atoms with Crippen LogP contribution in [-0.4, -0.2) is 34.5 Å². The van der Waals surface area contributed by atoms with Gasteiger partial charge in [-0.25, -0.2) is 0 Å². The highest BCUT2D eigenvalue weighted by Gasteiger charge is 2.01. The van der Waals surface area contributed by atoms with Gasteiger partial charge in [0.15, 0.2) is 0 Å². The van der Waals surface area contributed by atoms with Crippen molar-refractivity contribution in [2.45, 2.75) is 6.92 Å². The zero-order chi connectivity index (χ0) is 6.57. The Bertz CT molecular complexity index is 79.4. The van der Waals surface area contributed by atoms with E-state index in [2.05, 4.69) is 0 Å². The number of rotatable bonds is 2. The predicted octanol–water partition coefficient (Wildman–Crippen LogP) is -1.27. The maximum Gasteiger partial charge on any atom is 0.223 e. The van der Waals surface area contributed by atoms with Gasteiger partial charge in [0.05, 0.1) is 0 Å². The van der Waals surface area contributed by atoms with Gasteiger partial charge < -0.3 is 10.2 Å². The average Bonchev–Trinajstić information content (AvgIpc) is 1.69. The summed E-state index contributed by atoms with van der Waals surface area (Å²) in [4.78, 5) is 11.1. The largest absolute Gasteiger partial charge is 0.376 e. The molecule has 0 aromatic heterocycles. The molecule has 48 valence electrons. The first-order valence-corrected chi connectivity index (χ1v) is 2.19. The summed E-state index contributed by atoms with van der Waals surface area (Å²) < 4.78 is 0. The fraction of sp³-hybridized carbons (Fsp3) is 0.750. The maximum absolute atomic E-state index is 10.2. The number of hydrogen-bond acceptors (Lipinski definition) is 3. The van der Waals surface area contributed by atoms with E-state index in [0.717, 1.165) is 4.90 Å². The molecule has 0 aliphatic heterocycles. The number of carbonyl (C=O) groups excluding carboxylic acids is 1. The Balaban J connectivity index is 3.52. The third-order valence-corrected chi connectivity index (χ3v) is 0.787. The zero-order valence-corrected chi connectivity index (χ0v) is 4.66. The molecule has 0 aromatic rings. The van der Waals surface area contributed by atoms with Gasteiger partial charge in [-0.1, -0.05) is 0 Å². The molecule has 0 fully saturated rings. The van der Waals surface area contributed by atoms with Crippen LogP contribution in [0.5, 0.6) is 0 Å². The van der Waals surface area contributed by atoms with Gasteiger partial charge in [0, 0.05) is 6.92 Å². The van der Waals surface area contributed by atoms with Gasteiger partial charge in [0.25, 0.3) is 0 Å². The van der Waals surface area contributed by atoms with E-state index in [4.69, 9.17) is 10.2 Å². The van der Waals surface area contributed by atoms with Crippen molar-refractivity contribution in [2.24, 2.45) is 0 Å². The Labute approximate surface area is 47.3 Å². The summed E-state index contributed by atoms with van der Waals surface area (Å²) in [6.45, 7) is 0.421. The first kappa shape index (κ1) is 7.39. The van der Waals surface area contributed by atoms with Crippen molar-refractivity contribution >= 4 is 5.91 Å². The van der Waals surface area contributed by atoms with Crippen molar-refractivity contribution in [2.75, 3.05) is 13.5 Å². The molecule has 0 unspecified atom stereocenters. The lowest BCUT2D eigenvalue weighted by atomic mass is 10.6. The van der Waals surface area contributed by atoms with E-state index in [1.54, 1.807) is 0 Å². The fourth-order valence-corrected chi connectivity index (χ4v) is 0.244. The molecule has 0 rings (SSSR count). The topological polar surface area (TPSA) is 60.8 Å². The van der Waals surface area contributed by atoms with Crippen molar-refractivity contribution in [3.8, 4) is 0 Å². The molecule has 0 atom stereocenters. The smallest absolute Gasteiger partial charge is 0.223 e. The Morgan fingerprint density at radius 2 is 1.88 bits per heavy atom. The van der Waals surface area contributed by atoms with Gasteiger partial charge in [-0.05, 0) is 0 Å². The Morgan fingerprint density at radius 1 is 1.50 bits per heavy atom. The van der Waals surface area contributed by atoms with Crippen LogP contribution in [0, 0.1) is 0 Å². The first-order valence-electron chi connectivity index (χ1n) is 2.19. The second-order valence-corrected chi connectivity index (χ2v) is 1.34. The summed E-state index contributed by atoms with van der Waals surface area (Å²) in [6, 6.07) is 0. The monoisotopic (exact) mass is 119 g/mol. The van der Waals surface area contributed by atoms with Crippen LogP contribution in [0.25, 0.3) is 0 Å². The lowest BCUT2D eigenvalue weighted by molar-refractivity contribution is -0.136. The summed E-state index contributed by atoms with van der Waals surface area (Å²) >= 11 is 0. The Morgan fingerprint density at radius 3 is 1.88 bits per heavy atom. The molecule has 4 heteroatoms. The van der Waals surface area contributed by atoms with Crippen LogP contribution in [0.2, 0.25) is 0 Å². The van der Waals surface area contributed by atoms with Crippen molar-refractivity contribution in [3.63, 3.8) is 0 Å². The van der Waals surface area contributed by atoms with Crippen LogP contribution in [0.1, 0.15) is 6.92 Å². The average molecular weight is 119 g/mol. The number of nitrogens with zero attached hydrogens (tertiary/aromatic N) is 1. The Kier molecular flexibility index (Phi) is 3.14. The molecule has 0 aliphatic carbocycles. The molecule has 0 heterocycles. The first-order chi connectivity index (χ1) is 3.72. The summed E-state index contributed by atoms with van der Waals surface area (Å²) in [5, 5.41) is 16.5. The van der Waals surface area contributed by atoms with E-state index in [0.29, 0.717) is 0 Å². The van der Waals surface area contributed by atoms with Crippen LogP contribution >= 0.6 is 0 Å². The van der Waals surface area contributed by atoms with E-state index in [1.165, 1.54) is 6.92 Å². The molecule has 1 amide bonds. The summed E-state index contributed by atoms with van der Waals surface area (Å²) in [6.07, 6.45) is 0. The number of carbonyl (C=O) groups is 1. The zero-order valence-electron chi connectivity index (χ0n) is 4.66. The minimum absolute atomic E-state index is 0.338. The molecule has 0 aromatic carbocycles. The van der Waals surface area contributed by atoms with Crippen molar-refractivity contribution in [1.82, 2.24) is 4.90 Å². The lowest BCUT2D eigenvalue weighted by Gasteiger charge is -2.12. The third kappa shape index (κ3) is 1.90. The quantitative estimate of drug-likeness (QED) is 0.446. The Hall–Kier alpha value is -0.610. The van der Waals surface area contributed by atoms with Crippen molar-refractivity contribution in [1.29, 1.82) is 0 Å². The standard InChI is InChI=1S/C4H9NO3/c1-4(8)5(2-6)3-7/h6-7H,2-3H2,1H3. The van der Waals surface area contributed by atoms with E-state index in [-0.39, 0.29) is 5.91 Å². The number of amides is 1. The lowest BCUT2D eigenvalue weighted by Crippen LogP contribution is -2.30. The number of aliphatic hydroxyl groups excluding tert-OH is 2. The molecule has 0 spiro atoms. The minimum atomic E-state index is -0.425. The van der Waals surface area contributed by atoms with Gasteiger partial charge in [0.2, 0.25) is 5.91 Å². The van der Waals surface area contributed by atoms with Crippen LogP contribution in [0.4, 0.5) is 0 Å². The third-order valence-electron chi connectivity index (χ3n) is 0.787. The van der Waals surface area contributed by atoms with Gasteiger partial charge in [-0.15, -0.1) is 0 Å². The molecule has 8 heavy (non-hydrogen) atoms. The minimum Gasteiger partial charge on any atom is -0.376 e. The van der Waals surface area contributed by atoms with E-state index >= 15 is 0 Å². The van der Waals surface area contributed by atoms with E-state index in [1.807, 2.05) is 0 Å². The SMILES string of the molecule is CC(=O)N(CO)CO. The van der Waals surface area contributed by atoms with Crippen LogP contribution in [-0.2, 0) is 4.79 Å². The van der Waals surface area contributed by atoms with Crippen LogP contribution in [0.15, 0.2) is 0 Å². The van der Waals surface area contributed by atoms with Gasteiger partial charge >= 0.3 is 0 Å². The molecular weight excluding hydrogens is 110 g/mol. The number of hydrogen-bond donors (Lipinski definition) is 2. The fourth-order valence-electron chi connectivity index (χ4n) is 0.244. The van der Waals surface area contributed by atoms with E-state index < -0.39 is 13.5 Å². The van der Waals surface area contributed by atoms with Gasteiger partial charge in [-0.3, -0.25) is 9.69 Å². The van der Waals surface area contributed by atoms with Gasteiger partial charge in [0.1, 0.15) is 13.5 Å². The molecule has 2 N–H and O–H groups in total. The second kappa shape index (κ2) is 3.40. The van der Waals surface area contributed by atoms with Crippen LogP contribution in [0.3, 0.4) is 0 Å². The number of aliphatic hydroxyl groups is 2. The highest BCUT2D eigenvalue weighted by Crippen LogP contribution is 1.81. The molecule has 0 radical (unpaired) electrons. The summed E-state index contributed by atoms with van der Waals surface area (Å²) in [5.74, 6) is -0.338. The highest BCUT2D eigenvalue weighted by atomic mass is 16.3. The normalized spacial score (nSPS) is 8.88. The summed E-state index contributed by atoms with van der Waals surface area (Å²) in [5.41, 5.74) is 0. The molecule has 0 bridgehead atoms. The van der Waals surface area contributed by atoms with E-state index in [9.17, 15) is 4.79 Å². The molecular formula is C4H9NO3. The van der Waals surface area contributed by atoms with Crippen molar-refractivity contribution < 1.29 is 15.0 Å². The van der Waals surface area contributed by atoms with Gasteiger partial charge in [-0.2, -0.15) is 0 Å². The maximum atomic E-state index is 10.2. The molecule has 4 nitrogen and oxygen atoms in total. The highest BCUT2D eigenvalue weighted by molar-refractivity contribution is 5.72. The molecule has 0 aliphatic rings. The predicted molar refractivity (Wildman–Crippen MR) is 26.7 cm³/mol. The van der Waals surface area contributed by atoms with Crippen molar-refractivity contribution in [3.05, 3.63) is 0 Å². The molecule has 0 saturated heterocycles. The van der Waals surface area contributed by atoms with Crippen LogP contribution < -0.4 is 0 Å².